The molecule has 158 valence electrons. The van der Waals surface area contributed by atoms with Crippen LogP contribution in [0.15, 0.2) is 30.6 Å². The van der Waals surface area contributed by atoms with Gasteiger partial charge in [-0.05, 0) is 51.3 Å². The maximum Gasteiger partial charge on any atom is 0.343 e. The number of fused-ring (bicyclic) bond motifs is 1. The van der Waals surface area contributed by atoms with E-state index in [0.29, 0.717) is 23.3 Å². The number of carbonyl (C=O) groups excluding carboxylic acids is 2. The van der Waals surface area contributed by atoms with Crippen LogP contribution in [0.2, 0.25) is 0 Å². The van der Waals surface area contributed by atoms with Gasteiger partial charge in [0.2, 0.25) is 0 Å². The van der Waals surface area contributed by atoms with Crippen LogP contribution in [0.25, 0.3) is 5.65 Å². The average molecular weight is 409 g/mol. The smallest absolute Gasteiger partial charge is 0.343 e. The zero-order valence-corrected chi connectivity index (χ0v) is 17.7. The lowest BCUT2D eigenvalue weighted by Crippen LogP contribution is -2.44. The molecule has 1 aliphatic rings. The highest BCUT2D eigenvalue weighted by molar-refractivity contribution is 5.95. The molecule has 0 aromatic carbocycles. The van der Waals surface area contributed by atoms with Crippen molar-refractivity contribution in [1.29, 1.82) is 0 Å². The Kier molecular flexibility index (Phi) is 5.57. The fraction of sp³-hybridized carbons (Fsp3) is 0.455. The molecular formula is C22H27N5O3. The number of hydrogen-bond acceptors (Lipinski definition) is 5. The van der Waals surface area contributed by atoms with Crippen LogP contribution in [0.3, 0.4) is 0 Å². The molecule has 1 amide bonds. The number of aryl methyl sites for hydroxylation is 3. The first-order valence-electron chi connectivity index (χ1n) is 10.4. The van der Waals surface area contributed by atoms with Crippen molar-refractivity contribution >= 4 is 17.5 Å². The molecule has 0 bridgehead atoms. The Labute approximate surface area is 175 Å². The van der Waals surface area contributed by atoms with Crippen molar-refractivity contribution in [3.05, 3.63) is 53.2 Å². The molecule has 0 saturated carbocycles. The molecule has 8 heteroatoms. The predicted octanol–water partition coefficient (Wildman–Crippen LogP) is 2.93. The Morgan fingerprint density at radius 1 is 1.27 bits per heavy atom. The van der Waals surface area contributed by atoms with Crippen LogP contribution in [0, 0.1) is 13.8 Å². The SMILES string of the molecule is Cc1cc(C)n2ncc(C(=O)OCCC3CCCCN3C(=O)c3cccn3C)c2n1. The molecule has 1 fully saturated rings. The van der Waals surface area contributed by atoms with Crippen LogP contribution in [0.1, 0.15) is 57.9 Å². The van der Waals surface area contributed by atoms with E-state index in [-0.39, 0.29) is 18.6 Å². The molecule has 4 heterocycles. The van der Waals surface area contributed by atoms with Crippen molar-refractivity contribution in [3.8, 4) is 0 Å². The quantitative estimate of drug-likeness (QED) is 0.605. The summed E-state index contributed by atoms with van der Waals surface area (Å²) in [7, 11) is 1.88. The second kappa shape index (κ2) is 8.30. The summed E-state index contributed by atoms with van der Waals surface area (Å²) >= 11 is 0. The monoisotopic (exact) mass is 409 g/mol. The van der Waals surface area contributed by atoms with Gasteiger partial charge in [0, 0.05) is 43.6 Å². The zero-order valence-electron chi connectivity index (χ0n) is 17.7. The number of amides is 1. The van der Waals surface area contributed by atoms with Crippen LogP contribution in [0.4, 0.5) is 0 Å². The number of aromatic nitrogens is 4. The Morgan fingerprint density at radius 3 is 2.87 bits per heavy atom. The molecule has 1 aliphatic heterocycles. The minimum atomic E-state index is -0.432. The maximum absolute atomic E-state index is 13.0. The largest absolute Gasteiger partial charge is 0.462 e. The van der Waals surface area contributed by atoms with Gasteiger partial charge >= 0.3 is 5.97 Å². The Hall–Kier alpha value is -3.16. The minimum absolute atomic E-state index is 0.0382. The molecule has 0 aliphatic carbocycles. The normalized spacial score (nSPS) is 16.8. The van der Waals surface area contributed by atoms with Crippen molar-refractivity contribution in [2.24, 2.45) is 7.05 Å². The number of ether oxygens (including phenoxy) is 1. The topological polar surface area (TPSA) is 81.7 Å². The summed E-state index contributed by atoms with van der Waals surface area (Å²) in [5.41, 5.74) is 3.29. The Bertz CT molecular complexity index is 1080. The van der Waals surface area contributed by atoms with Crippen LogP contribution >= 0.6 is 0 Å². The number of rotatable bonds is 5. The van der Waals surface area contributed by atoms with E-state index in [1.807, 2.05) is 54.8 Å². The van der Waals surface area contributed by atoms with Crippen LogP contribution < -0.4 is 0 Å². The highest BCUT2D eigenvalue weighted by Gasteiger charge is 2.29. The van der Waals surface area contributed by atoms with Crippen molar-refractivity contribution < 1.29 is 14.3 Å². The van der Waals surface area contributed by atoms with E-state index < -0.39 is 5.97 Å². The molecular weight excluding hydrogens is 382 g/mol. The lowest BCUT2D eigenvalue weighted by atomic mass is 9.99. The van der Waals surface area contributed by atoms with Gasteiger partial charge in [-0.3, -0.25) is 4.79 Å². The summed E-state index contributed by atoms with van der Waals surface area (Å²) in [6, 6.07) is 5.70. The van der Waals surface area contributed by atoms with E-state index in [9.17, 15) is 9.59 Å². The number of carbonyl (C=O) groups is 2. The molecule has 8 nitrogen and oxygen atoms in total. The maximum atomic E-state index is 13.0. The highest BCUT2D eigenvalue weighted by Crippen LogP contribution is 2.22. The van der Waals surface area contributed by atoms with E-state index in [1.54, 1.807) is 4.52 Å². The predicted molar refractivity (Wildman–Crippen MR) is 111 cm³/mol. The number of piperidine rings is 1. The van der Waals surface area contributed by atoms with E-state index in [2.05, 4.69) is 10.1 Å². The van der Waals surface area contributed by atoms with Crippen molar-refractivity contribution in [2.75, 3.05) is 13.2 Å². The summed E-state index contributed by atoms with van der Waals surface area (Å²) in [6.45, 7) is 4.80. The molecule has 0 N–H and O–H groups in total. The lowest BCUT2D eigenvalue weighted by molar-refractivity contribution is 0.0408. The summed E-state index contributed by atoms with van der Waals surface area (Å²) in [4.78, 5) is 32.0. The lowest BCUT2D eigenvalue weighted by Gasteiger charge is -2.35. The van der Waals surface area contributed by atoms with Gasteiger partial charge in [0.1, 0.15) is 11.3 Å². The molecule has 1 saturated heterocycles. The molecule has 30 heavy (non-hydrogen) atoms. The van der Waals surface area contributed by atoms with Gasteiger partial charge in [-0.15, -0.1) is 0 Å². The number of esters is 1. The standard InChI is InChI=1S/C22H27N5O3/c1-15-13-16(2)27-20(24-15)18(14-23-27)22(29)30-12-9-17-7-4-5-11-26(17)21(28)19-8-6-10-25(19)3/h6,8,10,13-14,17H,4-5,7,9,11-12H2,1-3H3. The fourth-order valence-electron chi connectivity index (χ4n) is 4.18. The summed E-state index contributed by atoms with van der Waals surface area (Å²) < 4.78 is 9.03. The molecule has 0 radical (unpaired) electrons. The molecule has 3 aromatic rings. The van der Waals surface area contributed by atoms with Gasteiger partial charge < -0.3 is 14.2 Å². The molecule has 0 spiro atoms. The summed E-state index contributed by atoms with van der Waals surface area (Å²) in [5, 5.41) is 4.25. The first kappa shape index (κ1) is 20.1. The van der Waals surface area contributed by atoms with Gasteiger partial charge in [0.25, 0.3) is 5.91 Å². The molecule has 4 rings (SSSR count). The molecule has 3 aromatic heterocycles. The van der Waals surface area contributed by atoms with Crippen LogP contribution in [0.5, 0.6) is 0 Å². The first-order valence-corrected chi connectivity index (χ1v) is 10.4. The Balaban J connectivity index is 1.41. The van der Waals surface area contributed by atoms with Crippen molar-refractivity contribution in [3.63, 3.8) is 0 Å². The van der Waals surface area contributed by atoms with Crippen LogP contribution in [-0.4, -0.2) is 55.1 Å². The van der Waals surface area contributed by atoms with Gasteiger partial charge in [0.05, 0.1) is 12.8 Å². The summed E-state index contributed by atoms with van der Waals surface area (Å²) in [6.07, 6.45) is 6.99. The van der Waals surface area contributed by atoms with E-state index in [0.717, 1.165) is 37.2 Å². The molecule has 1 unspecified atom stereocenters. The fourth-order valence-corrected chi connectivity index (χ4v) is 4.18. The van der Waals surface area contributed by atoms with E-state index in [1.165, 1.54) is 6.20 Å². The van der Waals surface area contributed by atoms with Crippen molar-refractivity contribution in [2.45, 2.75) is 45.6 Å². The number of hydrogen-bond donors (Lipinski definition) is 0. The third-order valence-electron chi connectivity index (χ3n) is 5.73. The van der Waals surface area contributed by atoms with Gasteiger partial charge in [-0.2, -0.15) is 5.10 Å². The first-order chi connectivity index (χ1) is 14.5. The average Bonchev–Trinajstić information content (AvgIpc) is 3.34. The zero-order chi connectivity index (χ0) is 21.3. The second-order valence-corrected chi connectivity index (χ2v) is 7.91. The van der Waals surface area contributed by atoms with Gasteiger partial charge in [-0.1, -0.05) is 0 Å². The van der Waals surface area contributed by atoms with Crippen LogP contribution in [-0.2, 0) is 11.8 Å². The highest BCUT2D eigenvalue weighted by atomic mass is 16.5. The van der Waals surface area contributed by atoms with E-state index in [4.69, 9.17) is 4.74 Å². The number of likely N-dealkylation sites (tertiary alicyclic amines) is 1. The molecule has 1 atom stereocenters. The third kappa shape index (κ3) is 3.81. The van der Waals surface area contributed by atoms with Crippen molar-refractivity contribution in [1.82, 2.24) is 24.1 Å². The second-order valence-electron chi connectivity index (χ2n) is 7.91. The Morgan fingerprint density at radius 2 is 2.10 bits per heavy atom. The van der Waals surface area contributed by atoms with E-state index >= 15 is 0 Å². The third-order valence-corrected chi connectivity index (χ3v) is 5.73. The van der Waals surface area contributed by atoms with Gasteiger partial charge in [0.15, 0.2) is 5.65 Å². The van der Waals surface area contributed by atoms with Gasteiger partial charge in [-0.25, -0.2) is 14.3 Å². The minimum Gasteiger partial charge on any atom is -0.462 e. The summed E-state index contributed by atoms with van der Waals surface area (Å²) in [5.74, 6) is -0.394. The number of nitrogens with zero attached hydrogens (tertiary/aromatic N) is 5.